The average Bonchev–Trinajstić information content (AvgIpc) is 3.20. The number of nitrogens with zero attached hydrogens (tertiary/aromatic N) is 1. The summed E-state index contributed by atoms with van der Waals surface area (Å²) < 4.78 is 4.95. The molecule has 2 amide bonds. The lowest BCUT2D eigenvalue weighted by Crippen LogP contribution is -2.59. The first-order chi connectivity index (χ1) is 10.7. The number of hydrogen-bond acceptors (Lipinski definition) is 3. The molecule has 4 fully saturated rings. The number of ether oxygens (including phenoxy) is 1. The van der Waals surface area contributed by atoms with Crippen molar-refractivity contribution < 1.29 is 14.3 Å². The van der Waals surface area contributed by atoms with Gasteiger partial charge in [-0.1, -0.05) is 0 Å². The summed E-state index contributed by atoms with van der Waals surface area (Å²) in [6.07, 6.45) is 8.12. The van der Waals surface area contributed by atoms with Crippen molar-refractivity contribution in [3.8, 4) is 0 Å². The van der Waals surface area contributed by atoms with Gasteiger partial charge in [0.15, 0.2) is 0 Å². The lowest BCUT2D eigenvalue weighted by atomic mass is 9.76. The zero-order chi connectivity index (χ0) is 15.2. The van der Waals surface area contributed by atoms with Gasteiger partial charge in [-0.3, -0.25) is 4.79 Å². The molecule has 5 nitrogen and oxygen atoms in total. The highest BCUT2D eigenvalue weighted by molar-refractivity contribution is 5.81. The molecule has 4 aliphatic rings. The Hall–Kier alpha value is -1.26. The van der Waals surface area contributed by atoms with Gasteiger partial charge < -0.3 is 15.0 Å². The SMILES string of the molecule is O=C1NC[C@H](C(=O)N2CC3(CCC(C4CC4)C3)C2)CCCO1. The summed E-state index contributed by atoms with van der Waals surface area (Å²) in [6, 6.07) is 0. The molecule has 2 atom stereocenters. The minimum absolute atomic E-state index is 0.0640. The fourth-order valence-corrected chi connectivity index (χ4v) is 4.75. The van der Waals surface area contributed by atoms with Crippen molar-refractivity contribution in [2.45, 2.75) is 44.9 Å². The lowest BCUT2D eigenvalue weighted by Gasteiger charge is -2.49. The van der Waals surface area contributed by atoms with Crippen LogP contribution in [0.3, 0.4) is 0 Å². The van der Waals surface area contributed by atoms with Crippen LogP contribution in [0.15, 0.2) is 0 Å². The van der Waals surface area contributed by atoms with E-state index in [1.807, 2.05) is 4.90 Å². The van der Waals surface area contributed by atoms with Crippen LogP contribution in [-0.2, 0) is 9.53 Å². The van der Waals surface area contributed by atoms with E-state index in [9.17, 15) is 9.59 Å². The van der Waals surface area contributed by atoms with Gasteiger partial charge in [0.2, 0.25) is 5.91 Å². The van der Waals surface area contributed by atoms with Crippen molar-refractivity contribution in [1.82, 2.24) is 10.2 Å². The number of rotatable bonds is 2. The molecule has 2 aliphatic heterocycles. The van der Waals surface area contributed by atoms with E-state index in [4.69, 9.17) is 4.74 Å². The number of likely N-dealkylation sites (tertiary alicyclic amines) is 1. The summed E-state index contributed by atoms with van der Waals surface area (Å²) in [5.41, 5.74) is 0.441. The summed E-state index contributed by atoms with van der Waals surface area (Å²) in [6.45, 7) is 2.75. The highest BCUT2D eigenvalue weighted by Crippen LogP contribution is 2.55. The number of alkyl carbamates (subject to hydrolysis) is 1. The third kappa shape index (κ3) is 2.70. The second-order valence-corrected chi connectivity index (χ2v) is 7.89. The minimum Gasteiger partial charge on any atom is -0.450 e. The zero-order valence-corrected chi connectivity index (χ0v) is 13.2. The van der Waals surface area contributed by atoms with Crippen LogP contribution in [0.5, 0.6) is 0 Å². The lowest BCUT2D eigenvalue weighted by molar-refractivity contribution is -0.148. The molecular formula is C17H26N2O3. The van der Waals surface area contributed by atoms with E-state index in [1.54, 1.807) is 0 Å². The van der Waals surface area contributed by atoms with Crippen LogP contribution in [0, 0.1) is 23.2 Å². The summed E-state index contributed by atoms with van der Waals surface area (Å²) in [4.78, 5) is 26.0. The fraction of sp³-hybridized carbons (Fsp3) is 0.882. The summed E-state index contributed by atoms with van der Waals surface area (Å²) in [5, 5.41) is 2.70. The molecule has 0 aromatic rings. The van der Waals surface area contributed by atoms with Gasteiger partial charge >= 0.3 is 6.09 Å². The third-order valence-corrected chi connectivity index (χ3v) is 6.17. The average molecular weight is 306 g/mol. The fourth-order valence-electron chi connectivity index (χ4n) is 4.75. The van der Waals surface area contributed by atoms with Gasteiger partial charge in [-0.2, -0.15) is 0 Å². The van der Waals surface area contributed by atoms with E-state index in [1.165, 1.54) is 32.1 Å². The summed E-state index contributed by atoms with van der Waals surface area (Å²) in [7, 11) is 0. The van der Waals surface area contributed by atoms with E-state index in [2.05, 4.69) is 5.32 Å². The van der Waals surface area contributed by atoms with Crippen LogP contribution in [0.2, 0.25) is 0 Å². The molecule has 2 saturated heterocycles. The van der Waals surface area contributed by atoms with Crippen LogP contribution >= 0.6 is 0 Å². The Balaban J connectivity index is 1.30. The number of cyclic esters (lactones) is 1. The monoisotopic (exact) mass is 306 g/mol. The second kappa shape index (κ2) is 5.43. The molecule has 22 heavy (non-hydrogen) atoms. The highest BCUT2D eigenvalue weighted by Gasteiger charge is 2.52. The normalized spacial score (nSPS) is 34.4. The van der Waals surface area contributed by atoms with Crippen LogP contribution in [0.1, 0.15) is 44.9 Å². The van der Waals surface area contributed by atoms with Crippen LogP contribution in [-0.4, -0.2) is 43.1 Å². The summed E-state index contributed by atoms with van der Waals surface area (Å²) in [5.74, 6) is 2.12. The number of hydrogen-bond donors (Lipinski definition) is 1. The third-order valence-electron chi connectivity index (χ3n) is 6.17. The first kappa shape index (κ1) is 14.3. The molecule has 0 radical (unpaired) electrons. The topological polar surface area (TPSA) is 58.6 Å². The molecular weight excluding hydrogens is 280 g/mol. The molecule has 0 aromatic heterocycles. The second-order valence-electron chi connectivity index (χ2n) is 7.89. The Kier molecular flexibility index (Phi) is 3.54. The predicted molar refractivity (Wildman–Crippen MR) is 81.2 cm³/mol. The number of nitrogens with one attached hydrogen (secondary N) is 1. The van der Waals surface area contributed by atoms with Crippen LogP contribution in [0.4, 0.5) is 4.79 Å². The molecule has 0 bridgehead atoms. The van der Waals surface area contributed by atoms with E-state index >= 15 is 0 Å². The van der Waals surface area contributed by atoms with Gasteiger partial charge in [0.05, 0.1) is 12.5 Å². The smallest absolute Gasteiger partial charge is 0.407 e. The van der Waals surface area contributed by atoms with E-state index in [0.29, 0.717) is 18.6 Å². The van der Waals surface area contributed by atoms with Crippen molar-refractivity contribution >= 4 is 12.0 Å². The Morgan fingerprint density at radius 2 is 2.00 bits per heavy atom. The van der Waals surface area contributed by atoms with Gasteiger partial charge in [-0.25, -0.2) is 4.79 Å². The summed E-state index contributed by atoms with van der Waals surface area (Å²) >= 11 is 0. The Labute approximate surface area is 131 Å². The van der Waals surface area contributed by atoms with Crippen molar-refractivity contribution in [2.24, 2.45) is 23.2 Å². The van der Waals surface area contributed by atoms with Crippen LogP contribution in [0.25, 0.3) is 0 Å². The zero-order valence-electron chi connectivity index (χ0n) is 13.2. The van der Waals surface area contributed by atoms with E-state index in [0.717, 1.165) is 37.8 Å². The van der Waals surface area contributed by atoms with E-state index < -0.39 is 0 Å². The minimum atomic E-state index is -0.388. The molecule has 122 valence electrons. The molecule has 2 heterocycles. The van der Waals surface area contributed by atoms with Gasteiger partial charge in [0, 0.05) is 25.0 Å². The maximum atomic E-state index is 12.7. The van der Waals surface area contributed by atoms with Crippen molar-refractivity contribution in [2.75, 3.05) is 26.2 Å². The molecule has 1 N–H and O–H groups in total. The van der Waals surface area contributed by atoms with E-state index in [-0.39, 0.29) is 17.9 Å². The molecule has 2 aliphatic carbocycles. The van der Waals surface area contributed by atoms with Gasteiger partial charge in [-0.05, 0) is 56.8 Å². The standard InChI is InChI=1S/C17H26N2O3/c20-15(14-2-1-7-22-16(21)18-9-14)19-10-17(11-19)6-5-13(8-17)12-3-4-12/h12-14H,1-11H2,(H,18,21)/t13?,14-/m1/s1. The first-order valence-electron chi connectivity index (χ1n) is 8.85. The largest absolute Gasteiger partial charge is 0.450 e. The van der Waals surface area contributed by atoms with Gasteiger partial charge in [0.25, 0.3) is 0 Å². The number of carbonyl (C=O) groups excluding carboxylic acids is 2. The molecule has 5 heteroatoms. The van der Waals surface area contributed by atoms with Crippen LogP contribution < -0.4 is 5.32 Å². The highest BCUT2D eigenvalue weighted by atomic mass is 16.5. The Morgan fingerprint density at radius 3 is 2.77 bits per heavy atom. The number of carbonyl (C=O) groups is 2. The molecule has 4 rings (SSSR count). The molecule has 2 saturated carbocycles. The van der Waals surface area contributed by atoms with Gasteiger partial charge in [0.1, 0.15) is 0 Å². The maximum absolute atomic E-state index is 12.7. The predicted octanol–water partition coefficient (Wildman–Crippen LogP) is 2.16. The molecule has 0 aromatic carbocycles. The first-order valence-corrected chi connectivity index (χ1v) is 8.85. The van der Waals surface area contributed by atoms with Crippen molar-refractivity contribution in [3.05, 3.63) is 0 Å². The Bertz CT molecular complexity index is 469. The van der Waals surface area contributed by atoms with Crippen molar-refractivity contribution in [1.29, 1.82) is 0 Å². The van der Waals surface area contributed by atoms with Crippen molar-refractivity contribution in [3.63, 3.8) is 0 Å². The molecule has 1 unspecified atom stereocenters. The quantitative estimate of drug-likeness (QED) is 0.850. The maximum Gasteiger partial charge on any atom is 0.407 e. The number of amides is 2. The van der Waals surface area contributed by atoms with Gasteiger partial charge in [-0.15, -0.1) is 0 Å². The molecule has 1 spiro atoms. The Morgan fingerprint density at radius 1 is 1.18 bits per heavy atom.